The third-order valence-electron chi connectivity index (χ3n) is 3.32. The first kappa shape index (κ1) is 15.2. The number of hydrogen-bond donors (Lipinski definition) is 2. The molecule has 23 heavy (non-hydrogen) atoms. The highest BCUT2D eigenvalue weighted by atomic mass is 35.5. The van der Waals surface area contributed by atoms with Crippen LogP contribution in [-0.2, 0) is 6.54 Å². The number of nitrogens with zero attached hydrogens (tertiary/aromatic N) is 3. The molecule has 6 heteroatoms. The zero-order valence-electron chi connectivity index (χ0n) is 12.6. The van der Waals surface area contributed by atoms with Crippen LogP contribution in [0.3, 0.4) is 0 Å². The highest BCUT2D eigenvalue weighted by Gasteiger charge is 2.04. The van der Waals surface area contributed by atoms with Crippen molar-refractivity contribution < 1.29 is 0 Å². The molecule has 1 aromatic carbocycles. The van der Waals surface area contributed by atoms with Crippen molar-refractivity contribution in [2.75, 3.05) is 10.6 Å². The fourth-order valence-corrected chi connectivity index (χ4v) is 2.23. The van der Waals surface area contributed by atoms with Crippen molar-refractivity contribution >= 4 is 29.1 Å². The second-order valence-corrected chi connectivity index (χ2v) is 5.50. The molecule has 0 aliphatic heterocycles. The van der Waals surface area contributed by atoms with E-state index in [2.05, 4.69) is 25.6 Å². The minimum atomic E-state index is 0.523. The van der Waals surface area contributed by atoms with Gasteiger partial charge in [-0.05, 0) is 48.4 Å². The first-order chi connectivity index (χ1) is 11.2. The number of nitrogens with one attached hydrogen (secondary N) is 2. The number of aromatic nitrogens is 3. The van der Waals surface area contributed by atoms with Gasteiger partial charge in [0.25, 0.3) is 0 Å². The monoisotopic (exact) mass is 325 g/mol. The number of anilines is 3. The summed E-state index contributed by atoms with van der Waals surface area (Å²) in [6.07, 6.45) is 5.25. The van der Waals surface area contributed by atoms with Gasteiger partial charge in [-0.1, -0.05) is 17.7 Å². The Morgan fingerprint density at radius 3 is 2.70 bits per heavy atom. The molecule has 3 rings (SSSR count). The predicted octanol–water partition coefficient (Wildman–Crippen LogP) is 4.19. The van der Waals surface area contributed by atoms with Gasteiger partial charge < -0.3 is 10.6 Å². The van der Waals surface area contributed by atoms with E-state index in [-0.39, 0.29) is 0 Å². The number of rotatable bonds is 5. The van der Waals surface area contributed by atoms with E-state index in [1.54, 1.807) is 18.6 Å². The molecule has 5 nitrogen and oxygen atoms in total. The molecule has 0 saturated carbocycles. The van der Waals surface area contributed by atoms with Crippen LogP contribution in [0.5, 0.6) is 0 Å². The van der Waals surface area contributed by atoms with Crippen LogP contribution in [-0.4, -0.2) is 15.0 Å². The molecule has 0 aliphatic carbocycles. The zero-order chi connectivity index (χ0) is 16.1. The summed E-state index contributed by atoms with van der Waals surface area (Å²) in [5.74, 6) is 1.27. The van der Waals surface area contributed by atoms with E-state index in [4.69, 9.17) is 11.6 Å². The lowest BCUT2D eigenvalue weighted by Crippen LogP contribution is -2.04. The first-order valence-corrected chi connectivity index (χ1v) is 7.57. The smallest absolute Gasteiger partial charge is 0.229 e. The summed E-state index contributed by atoms with van der Waals surface area (Å²) < 4.78 is 0. The predicted molar refractivity (Wildman–Crippen MR) is 93.1 cm³/mol. The third-order valence-corrected chi connectivity index (χ3v) is 3.56. The van der Waals surface area contributed by atoms with E-state index >= 15 is 0 Å². The molecule has 0 bridgehead atoms. The zero-order valence-corrected chi connectivity index (χ0v) is 13.4. The third kappa shape index (κ3) is 4.17. The molecule has 0 radical (unpaired) electrons. The Hall–Kier alpha value is -2.66. The average molecular weight is 326 g/mol. The van der Waals surface area contributed by atoms with Crippen molar-refractivity contribution in [1.29, 1.82) is 0 Å². The fourth-order valence-electron chi connectivity index (χ4n) is 2.06. The van der Waals surface area contributed by atoms with Crippen molar-refractivity contribution in [3.63, 3.8) is 0 Å². The van der Waals surface area contributed by atoms with Gasteiger partial charge >= 0.3 is 0 Å². The standard InChI is InChI=1S/C17H16ClN5/c1-12-2-3-14(18)10-15(12)22-17-20-9-6-16(23-17)21-11-13-4-7-19-8-5-13/h2-10H,11H2,1H3,(H2,20,21,22,23). The topological polar surface area (TPSA) is 62.7 Å². The molecule has 0 fully saturated rings. The highest BCUT2D eigenvalue weighted by Crippen LogP contribution is 2.23. The molecule has 0 spiro atoms. The second kappa shape index (κ2) is 7.07. The Labute approximate surface area is 139 Å². The van der Waals surface area contributed by atoms with Crippen molar-refractivity contribution in [2.45, 2.75) is 13.5 Å². The van der Waals surface area contributed by atoms with Gasteiger partial charge in [-0.2, -0.15) is 4.98 Å². The van der Waals surface area contributed by atoms with Gasteiger partial charge in [0.2, 0.25) is 5.95 Å². The number of halogens is 1. The van der Waals surface area contributed by atoms with E-state index < -0.39 is 0 Å². The molecule has 0 saturated heterocycles. The summed E-state index contributed by atoms with van der Waals surface area (Å²) in [6.45, 7) is 2.68. The van der Waals surface area contributed by atoms with Gasteiger partial charge in [0.15, 0.2) is 0 Å². The lowest BCUT2D eigenvalue weighted by atomic mass is 10.2. The molecule has 0 aliphatic rings. The largest absolute Gasteiger partial charge is 0.366 e. The normalized spacial score (nSPS) is 10.3. The maximum Gasteiger partial charge on any atom is 0.229 e. The Kier molecular flexibility index (Phi) is 4.68. The van der Waals surface area contributed by atoms with Gasteiger partial charge in [0, 0.05) is 35.8 Å². The molecule has 0 atom stereocenters. The quantitative estimate of drug-likeness (QED) is 0.736. The van der Waals surface area contributed by atoms with Gasteiger partial charge in [-0.15, -0.1) is 0 Å². The van der Waals surface area contributed by atoms with E-state index in [1.807, 2.05) is 43.3 Å². The van der Waals surface area contributed by atoms with Gasteiger partial charge in [0.1, 0.15) is 5.82 Å². The van der Waals surface area contributed by atoms with Crippen LogP contribution in [0.4, 0.5) is 17.5 Å². The van der Waals surface area contributed by atoms with Crippen LogP contribution in [0.15, 0.2) is 55.0 Å². The van der Waals surface area contributed by atoms with Crippen molar-refractivity contribution in [3.8, 4) is 0 Å². The Balaban J connectivity index is 1.71. The van der Waals surface area contributed by atoms with Gasteiger partial charge in [-0.3, -0.25) is 4.98 Å². The highest BCUT2D eigenvalue weighted by molar-refractivity contribution is 6.30. The minimum absolute atomic E-state index is 0.523. The molecule has 116 valence electrons. The number of aryl methyl sites for hydroxylation is 1. The molecule has 2 aromatic heterocycles. The van der Waals surface area contributed by atoms with Crippen LogP contribution in [0.2, 0.25) is 5.02 Å². The summed E-state index contributed by atoms with van der Waals surface area (Å²) >= 11 is 6.03. The Morgan fingerprint density at radius 2 is 1.87 bits per heavy atom. The van der Waals surface area contributed by atoms with Crippen LogP contribution >= 0.6 is 11.6 Å². The van der Waals surface area contributed by atoms with E-state index in [1.165, 1.54) is 0 Å². The second-order valence-electron chi connectivity index (χ2n) is 5.06. The average Bonchev–Trinajstić information content (AvgIpc) is 2.58. The van der Waals surface area contributed by atoms with Crippen LogP contribution in [0.1, 0.15) is 11.1 Å². The molecular formula is C17H16ClN5. The Bertz CT molecular complexity index is 792. The van der Waals surface area contributed by atoms with Crippen molar-refractivity contribution in [2.24, 2.45) is 0 Å². The molecule has 0 unspecified atom stereocenters. The van der Waals surface area contributed by atoms with E-state index in [9.17, 15) is 0 Å². The minimum Gasteiger partial charge on any atom is -0.366 e. The maximum atomic E-state index is 6.03. The molecule has 0 amide bonds. The summed E-state index contributed by atoms with van der Waals surface area (Å²) in [4.78, 5) is 12.7. The number of benzene rings is 1. The summed E-state index contributed by atoms with van der Waals surface area (Å²) in [7, 11) is 0. The van der Waals surface area contributed by atoms with Crippen LogP contribution < -0.4 is 10.6 Å². The van der Waals surface area contributed by atoms with E-state index in [0.717, 1.165) is 22.6 Å². The molecule has 3 aromatic rings. The molecular weight excluding hydrogens is 310 g/mol. The van der Waals surface area contributed by atoms with Gasteiger partial charge in [0.05, 0.1) is 0 Å². The number of hydrogen-bond acceptors (Lipinski definition) is 5. The lowest BCUT2D eigenvalue weighted by Gasteiger charge is -2.10. The fraction of sp³-hybridized carbons (Fsp3) is 0.118. The summed E-state index contributed by atoms with van der Waals surface area (Å²) in [5, 5.41) is 7.13. The van der Waals surface area contributed by atoms with Gasteiger partial charge in [-0.25, -0.2) is 4.98 Å². The van der Waals surface area contributed by atoms with Crippen LogP contribution in [0, 0.1) is 6.92 Å². The van der Waals surface area contributed by atoms with Crippen LogP contribution in [0.25, 0.3) is 0 Å². The molecule has 2 heterocycles. The summed E-state index contributed by atoms with van der Waals surface area (Å²) in [5.41, 5.74) is 3.11. The maximum absolute atomic E-state index is 6.03. The SMILES string of the molecule is Cc1ccc(Cl)cc1Nc1nccc(NCc2ccncc2)n1. The lowest BCUT2D eigenvalue weighted by molar-refractivity contribution is 1.07. The first-order valence-electron chi connectivity index (χ1n) is 7.20. The molecule has 2 N–H and O–H groups in total. The summed E-state index contributed by atoms with van der Waals surface area (Å²) in [6, 6.07) is 11.4. The number of pyridine rings is 1. The van der Waals surface area contributed by atoms with Crippen molar-refractivity contribution in [3.05, 3.63) is 71.1 Å². The van der Waals surface area contributed by atoms with E-state index in [0.29, 0.717) is 17.5 Å². The van der Waals surface area contributed by atoms with Crippen molar-refractivity contribution in [1.82, 2.24) is 15.0 Å². The Morgan fingerprint density at radius 1 is 1.04 bits per heavy atom.